The molecule has 1 fully saturated rings. The van der Waals surface area contributed by atoms with Gasteiger partial charge in [0.15, 0.2) is 0 Å². The van der Waals surface area contributed by atoms with Crippen molar-refractivity contribution in [2.24, 2.45) is 0 Å². The Bertz CT molecular complexity index is 21.0. The quantitative estimate of drug-likeness (QED) is 0.394. The Labute approximate surface area is 47.8 Å². The first-order chi connectivity index (χ1) is 3.00. The van der Waals surface area contributed by atoms with Crippen LogP contribution in [0.5, 0.6) is 0 Å². The molecule has 1 heterocycles. The second-order valence-corrected chi connectivity index (χ2v) is 11.4. The fourth-order valence-corrected chi connectivity index (χ4v) is 13.9. The number of hydrogen-bond acceptors (Lipinski definition) is 0. The summed E-state index contributed by atoms with van der Waals surface area (Å²) in [6.45, 7) is 0. The highest BCUT2D eigenvalue weighted by Gasteiger charge is 1.99. The third kappa shape index (κ3) is 1.54. The van der Waals surface area contributed by atoms with Crippen LogP contribution < -0.4 is 0 Å². The molecule has 0 spiro atoms. The van der Waals surface area contributed by atoms with Gasteiger partial charge in [-0.25, -0.2) is 0 Å². The van der Waals surface area contributed by atoms with Crippen molar-refractivity contribution in [3.8, 4) is 0 Å². The number of rotatable bonds is 0. The fourth-order valence-electron chi connectivity index (χ4n) is 0.338. The van der Waals surface area contributed by atoms with Gasteiger partial charge in [-0.3, -0.25) is 0 Å². The van der Waals surface area contributed by atoms with Gasteiger partial charge in [0.05, 0.1) is 0 Å². The molecule has 28 valence electrons. The summed E-state index contributed by atoms with van der Waals surface area (Å²) < 4.78 is 0. The zero-order chi connectivity index (χ0) is 4.24. The van der Waals surface area contributed by atoms with Crippen LogP contribution in [0.25, 0.3) is 0 Å². The van der Waals surface area contributed by atoms with Crippen molar-refractivity contribution in [2.45, 2.75) is 12.1 Å². The molecule has 1 rings (SSSR count). The molecule has 8 radical (unpaired) electrons. The van der Waals surface area contributed by atoms with Gasteiger partial charge in [-0.15, -0.1) is 0 Å². The highest BCUT2D eigenvalue weighted by molar-refractivity contribution is 7.45. The zero-order valence-electron chi connectivity index (χ0n) is 3.41. The molecule has 0 amide bonds. The van der Waals surface area contributed by atoms with Gasteiger partial charge < -0.3 is 0 Å². The molecule has 1 aliphatic rings. The Morgan fingerprint density at radius 3 is 1.50 bits per heavy atom. The van der Waals surface area contributed by atoms with Crippen LogP contribution in [-0.4, -0.2) is 35.2 Å². The van der Waals surface area contributed by atoms with Crippen molar-refractivity contribution in [3.05, 3.63) is 0 Å². The Balaban J connectivity index is 2.00. The van der Waals surface area contributed by atoms with E-state index in [0.717, 1.165) is 0 Å². The predicted molar refractivity (Wildman–Crippen MR) is 32.6 cm³/mol. The van der Waals surface area contributed by atoms with E-state index in [0.29, 0.717) is 0 Å². The molecule has 0 aromatic carbocycles. The van der Waals surface area contributed by atoms with Crippen LogP contribution in [0.4, 0.5) is 0 Å². The standard InChI is InChI=1S/C2H4Si4/c1-2-4-6-5-3-1/h1-2H2. The van der Waals surface area contributed by atoms with E-state index in [1.807, 2.05) is 0 Å². The molecule has 0 aromatic heterocycles. The normalized spacial score (nSPS) is 24.0. The van der Waals surface area contributed by atoms with Crippen molar-refractivity contribution in [3.63, 3.8) is 0 Å². The smallest absolute Gasteiger partial charge is 0.0177 e. The average molecular weight is 140 g/mol. The second kappa shape index (κ2) is 2.95. The zero-order valence-corrected chi connectivity index (χ0v) is 7.41. The topological polar surface area (TPSA) is 0 Å². The van der Waals surface area contributed by atoms with E-state index in [2.05, 4.69) is 0 Å². The van der Waals surface area contributed by atoms with Crippen LogP contribution in [0.15, 0.2) is 0 Å². The minimum Gasteiger partial charge on any atom is -0.0670 e. The molecule has 1 saturated heterocycles. The van der Waals surface area contributed by atoms with Crippen LogP contribution in [0.2, 0.25) is 12.1 Å². The molecule has 0 atom stereocenters. The van der Waals surface area contributed by atoms with E-state index in [9.17, 15) is 0 Å². The van der Waals surface area contributed by atoms with Crippen LogP contribution in [0, 0.1) is 0 Å². The first kappa shape index (κ1) is 5.01. The molecule has 6 heavy (non-hydrogen) atoms. The van der Waals surface area contributed by atoms with Crippen LogP contribution in [0.1, 0.15) is 0 Å². The summed E-state index contributed by atoms with van der Waals surface area (Å²) in [5.74, 6) is 0. The molecular formula is C2H4Si4. The largest absolute Gasteiger partial charge is 0.0670 e. The Morgan fingerprint density at radius 1 is 0.833 bits per heavy atom. The maximum atomic E-state index is 1.56. The van der Waals surface area contributed by atoms with Gasteiger partial charge in [0.1, 0.15) is 0 Å². The molecule has 0 bridgehead atoms. The lowest BCUT2D eigenvalue weighted by molar-refractivity contribution is 1.44. The summed E-state index contributed by atoms with van der Waals surface area (Å²) in [6.07, 6.45) is 0. The average Bonchev–Trinajstić information content (AvgIpc) is 1.72. The summed E-state index contributed by atoms with van der Waals surface area (Å²) in [5.41, 5.74) is 0. The third-order valence-corrected chi connectivity index (χ3v) is 13.2. The van der Waals surface area contributed by atoms with E-state index >= 15 is 0 Å². The van der Waals surface area contributed by atoms with Gasteiger partial charge in [0.25, 0.3) is 0 Å². The maximum absolute atomic E-state index is 1.56. The fraction of sp³-hybridized carbons (Fsp3) is 1.00. The molecule has 0 unspecified atom stereocenters. The van der Waals surface area contributed by atoms with E-state index < -0.39 is 0 Å². The van der Waals surface area contributed by atoms with Gasteiger partial charge >= 0.3 is 0 Å². The van der Waals surface area contributed by atoms with Gasteiger partial charge in [0, 0.05) is 35.2 Å². The first-order valence-electron chi connectivity index (χ1n) is 1.96. The van der Waals surface area contributed by atoms with E-state index in [-0.39, 0.29) is 0 Å². The van der Waals surface area contributed by atoms with Crippen LogP contribution in [-0.2, 0) is 0 Å². The first-order valence-corrected chi connectivity index (χ1v) is 9.37. The second-order valence-electron chi connectivity index (χ2n) is 1.10. The van der Waals surface area contributed by atoms with Gasteiger partial charge in [-0.05, 0) is 0 Å². The molecule has 0 N–H and O–H groups in total. The minimum atomic E-state index is 1.35. The van der Waals surface area contributed by atoms with Crippen LogP contribution >= 0.6 is 0 Å². The lowest BCUT2D eigenvalue weighted by Crippen LogP contribution is -2.24. The highest BCUT2D eigenvalue weighted by Crippen LogP contribution is 1.89. The Hall–Kier alpha value is 0.868. The molecule has 0 nitrogen and oxygen atoms in total. The third-order valence-electron chi connectivity index (χ3n) is 0.614. The molecule has 0 aliphatic carbocycles. The predicted octanol–water partition coefficient (Wildman–Crippen LogP) is -0.602. The Kier molecular flexibility index (Phi) is 2.46. The summed E-state index contributed by atoms with van der Waals surface area (Å²) in [7, 11) is 5.44. The molecular weight excluding hydrogens is 136 g/mol. The summed E-state index contributed by atoms with van der Waals surface area (Å²) >= 11 is 0. The van der Waals surface area contributed by atoms with Crippen LogP contribution in [0.3, 0.4) is 0 Å². The number of hydrogen-bond donors (Lipinski definition) is 0. The minimum absolute atomic E-state index is 1.35. The van der Waals surface area contributed by atoms with E-state index in [1.54, 1.807) is 12.1 Å². The molecule has 0 aromatic rings. The molecule has 0 saturated carbocycles. The lowest BCUT2D eigenvalue weighted by atomic mass is 11.0. The lowest BCUT2D eigenvalue weighted by Gasteiger charge is -2.02. The van der Waals surface area contributed by atoms with Gasteiger partial charge in [-0.2, -0.15) is 0 Å². The van der Waals surface area contributed by atoms with Crippen molar-refractivity contribution in [1.82, 2.24) is 0 Å². The van der Waals surface area contributed by atoms with E-state index in [1.165, 1.54) is 35.2 Å². The van der Waals surface area contributed by atoms with Gasteiger partial charge in [-0.1, -0.05) is 12.1 Å². The van der Waals surface area contributed by atoms with E-state index in [4.69, 9.17) is 0 Å². The summed E-state index contributed by atoms with van der Waals surface area (Å²) in [4.78, 5) is 0. The maximum Gasteiger partial charge on any atom is 0.0177 e. The monoisotopic (exact) mass is 140 g/mol. The molecule has 4 heteroatoms. The van der Waals surface area contributed by atoms with Crippen molar-refractivity contribution in [1.29, 1.82) is 0 Å². The van der Waals surface area contributed by atoms with Crippen molar-refractivity contribution >= 4 is 35.2 Å². The van der Waals surface area contributed by atoms with Crippen molar-refractivity contribution in [2.75, 3.05) is 0 Å². The molecule has 1 aliphatic heterocycles. The Morgan fingerprint density at radius 2 is 1.33 bits per heavy atom. The highest BCUT2D eigenvalue weighted by atomic mass is 29.7. The van der Waals surface area contributed by atoms with Gasteiger partial charge in [0.2, 0.25) is 0 Å². The summed E-state index contributed by atoms with van der Waals surface area (Å²) in [6, 6.07) is 3.12. The van der Waals surface area contributed by atoms with Crippen molar-refractivity contribution < 1.29 is 0 Å². The summed E-state index contributed by atoms with van der Waals surface area (Å²) in [5, 5.41) is 0. The SMILES string of the molecule is C1C[Si][Si][Si][Si]1.